The molecule has 19 heavy (non-hydrogen) atoms. The average molecular weight is 327 g/mol. The van der Waals surface area contributed by atoms with Crippen molar-refractivity contribution >= 4 is 21.8 Å². The maximum atomic E-state index is 13.6. The van der Waals surface area contributed by atoms with Gasteiger partial charge in [0.15, 0.2) is 0 Å². The summed E-state index contributed by atoms with van der Waals surface area (Å²) in [5.41, 5.74) is 5.20. The lowest BCUT2D eigenvalue weighted by Crippen LogP contribution is -2.14. The number of nitrogens with one attached hydrogen (secondary N) is 1. The number of rotatable bonds is 3. The lowest BCUT2D eigenvalue weighted by Gasteiger charge is -2.12. The predicted octanol–water partition coefficient (Wildman–Crippen LogP) is 3.80. The number of benzene rings is 2. The van der Waals surface area contributed by atoms with Crippen LogP contribution in [0.4, 0.5) is 8.78 Å². The number of hydrogen-bond acceptors (Lipinski definition) is 2. The Labute approximate surface area is 116 Å². The second-order valence-electron chi connectivity index (χ2n) is 3.70. The fraction of sp³-hybridized carbons (Fsp3) is 0. The molecule has 98 valence electrons. The molecule has 0 amide bonds. The van der Waals surface area contributed by atoms with Crippen molar-refractivity contribution in [1.82, 2.24) is 0 Å². The zero-order chi connectivity index (χ0) is 14.0. The van der Waals surface area contributed by atoms with Gasteiger partial charge in [-0.3, -0.25) is 5.41 Å². The van der Waals surface area contributed by atoms with Gasteiger partial charge < -0.3 is 10.5 Å². The Bertz CT molecular complexity index is 647. The molecule has 0 aromatic heterocycles. The van der Waals surface area contributed by atoms with Gasteiger partial charge in [0.1, 0.15) is 29.0 Å². The molecule has 0 spiro atoms. The average Bonchev–Trinajstić information content (AvgIpc) is 2.32. The van der Waals surface area contributed by atoms with Crippen LogP contribution in [0.15, 0.2) is 40.9 Å². The van der Waals surface area contributed by atoms with Crippen molar-refractivity contribution < 1.29 is 13.5 Å². The Kier molecular flexibility index (Phi) is 3.80. The van der Waals surface area contributed by atoms with Crippen LogP contribution in [-0.2, 0) is 0 Å². The minimum Gasteiger partial charge on any atom is -0.455 e. The van der Waals surface area contributed by atoms with E-state index in [9.17, 15) is 8.78 Å². The monoisotopic (exact) mass is 326 g/mol. The third-order valence-corrected chi connectivity index (χ3v) is 2.98. The fourth-order valence-electron chi connectivity index (χ4n) is 1.53. The standard InChI is InChI=1S/C13H9BrF2N2O/c14-8-6-7(15)4-5-10(8)19-11-3-1-2-9(16)12(11)13(17)18/h1-6H,(H3,17,18). The van der Waals surface area contributed by atoms with Crippen LogP contribution in [-0.4, -0.2) is 5.84 Å². The number of ether oxygens (including phenoxy) is 1. The van der Waals surface area contributed by atoms with E-state index < -0.39 is 17.5 Å². The molecule has 3 N–H and O–H groups in total. The highest BCUT2D eigenvalue weighted by atomic mass is 79.9. The van der Waals surface area contributed by atoms with E-state index in [-0.39, 0.29) is 11.3 Å². The summed E-state index contributed by atoms with van der Waals surface area (Å²) in [4.78, 5) is 0. The first-order valence-corrected chi connectivity index (χ1v) is 6.04. The number of nitrogens with two attached hydrogens (primary N) is 1. The maximum absolute atomic E-state index is 13.6. The first-order chi connectivity index (χ1) is 8.99. The maximum Gasteiger partial charge on any atom is 0.141 e. The molecule has 0 saturated carbocycles. The summed E-state index contributed by atoms with van der Waals surface area (Å²) in [7, 11) is 0. The Morgan fingerprint density at radius 2 is 1.89 bits per heavy atom. The van der Waals surface area contributed by atoms with Gasteiger partial charge >= 0.3 is 0 Å². The van der Waals surface area contributed by atoms with Crippen molar-refractivity contribution in [3.63, 3.8) is 0 Å². The van der Waals surface area contributed by atoms with Gasteiger partial charge in [-0.25, -0.2) is 8.78 Å². The third-order valence-electron chi connectivity index (χ3n) is 2.36. The quantitative estimate of drug-likeness (QED) is 0.665. The van der Waals surface area contributed by atoms with Gasteiger partial charge in [0.2, 0.25) is 0 Å². The summed E-state index contributed by atoms with van der Waals surface area (Å²) in [6.07, 6.45) is 0. The summed E-state index contributed by atoms with van der Waals surface area (Å²) in [6.45, 7) is 0. The van der Waals surface area contributed by atoms with Crippen LogP contribution < -0.4 is 10.5 Å². The van der Waals surface area contributed by atoms with Crippen LogP contribution in [0.2, 0.25) is 0 Å². The molecule has 0 bridgehead atoms. The van der Waals surface area contributed by atoms with Crippen molar-refractivity contribution in [3.05, 3.63) is 58.1 Å². The van der Waals surface area contributed by atoms with E-state index in [1.165, 1.54) is 36.4 Å². The van der Waals surface area contributed by atoms with Gasteiger partial charge in [0.05, 0.1) is 10.0 Å². The number of nitrogen functional groups attached to an aromatic ring is 1. The summed E-state index contributed by atoms with van der Waals surface area (Å²) < 4.78 is 32.4. The highest BCUT2D eigenvalue weighted by Crippen LogP contribution is 2.32. The van der Waals surface area contributed by atoms with E-state index in [0.717, 1.165) is 0 Å². The summed E-state index contributed by atoms with van der Waals surface area (Å²) in [5, 5.41) is 7.36. The highest BCUT2D eigenvalue weighted by Gasteiger charge is 2.14. The van der Waals surface area contributed by atoms with Crippen LogP contribution in [0.5, 0.6) is 11.5 Å². The molecule has 0 unspecified atom stereocenters. The highest BCUT2D eigenvalue weighted by molar-refractivity contribution is 9.10. The van der Waals surface area contributed by atoms with Gasteiger partial charge in [-0.1, -0.05) is 6.07 Å². The Morgan fingerprint density at radius 3 is 2.53 bits per heavy atom. The molecule has 0 aliphatic rings. The normalized spacial score (nSPS) is 10.3. The van der Waals surface area contributed by atoms with Crippen molar-refractivity contribution in [3.8, 4) is 11.5 Å². The lowest BCUT2D eigenvalue weighted by molar-refractivity contribution is 0.470. The van der Waals surface area contributed by atoms with Crippen LogP contribution in [0.25, 0.3) is 0 Å². The molecule has 0 saturated heterocycles. The molecule has 0 heterocycles. The minimum atomic E-state index is -0.650. The topological polar surface area (TPSA) is 59.1 Å². The SMILES string of the molecule is N=C(N)c1c(F)cccc1Oc1ccc(F)cc1Br. The van der Waals surface area contributed by atoms with Crippen molar-refractivity contribution in [2.75, 3.05) is 0 Å². The zero-order valence-corrected chi connectivity index (χ0v) is 11.2. The molecule has 2 aromatic carbocycles. The second kappa shape index (κ2) is 5.36. The molecule has 0 fully saturated rings. The molecule has 2 aromatic rings. The molecule has 0 radical (unpaired) electrons. The van der Waals surface area contributed by atoms with E-state index >= 15 is 0 Å². The molecule has 0 aliphatic heterocycles. The van der Waals surface area contributed by atoms with Crippen LogP contribution in [0.3, 0.4) is 0 Å². The Hall–Kier alpha value is -1.95. The van der Waals surface area contributed by atoms with E-state index in [2.05, 4.69) is 15.9 Å². The van der Waals surface area contributed by atoms with Crippen molar-refractivity contribution in [1.29, 1.82) is 5.41 Å². The molecule has 0 atom stereocenters. The van der Waals surface area contributed by atoms with E-state index in [4.69, 9.17) is 15.9 Å². The molecular weight excluding hydrogens is 318 g/mol. The summed E-state index contributed by atoms with van der Waals surface area (Å²) in [5.74, 6) is -1.12. The first-order valence-electron chi connectivity index (χ1n) is 5.25. The van der Waals surface area contributed by atoms with Gasteiger partial charge in [-0.2, -0.15) is 0 Å². The smallest absolute Gasteiger partial charge is 0.141 e. The zero-order valence-electron chi connectivity index (χ0n) is 9.58. The Balaban J connectivity index is 2.44. The van der Waals surface area contributed by atoms with Crippen LogP contribution in [0.1, 0.15) is 5.56 Å². The van der Waals surface area contributed by atoms with E-state index in [0.29, 0.717) is 10.2 Å². The van der Waals surface area contributed by atoms with Crippen LogP contribution >= 0.6 is 15.9 Å². The molecule has 3 nitrogen and oxygen atoms in total. The fourth-order valence-corrected chi connectivity index (χ4v) is 1.96. The van der Waals surface area contributed by atoms with E-state index in [1.807, 2.05) is 0 Å². The molecule has 0 aliphatic carbocycles. The first kappa shape index (κ1) is 13.5. The second-order valence-corrected chi connectivity index (χ2v) is 4.56. The largest absolute Gasteiger partial charge is 0.455 e. The summed E-state index contributed by atoms with van der Waals surface area (Å²) >= 11 is 3.14. The van der Waals surface area contributed by atoms with Gasteiger partial charge in [-0.15, -0.1) is 0 Å². The Morgan fingerprint density at radius 1 is 1.16 bits per heavy atom. The van der Waals surface area contributed by atoms with Crippen molar-refractivity contribution in [2.45, 2.75) is 0 Å². The molecule has 2 rings (SSSR count). The van der Waals surface area contributed by atoms with Gasteiger partial charge in [0, 0.05) is 0 Å². The van der Waals surface area contributed by atoms with E-state index in [1.54, 1.807) is 0 Å². The molecular formula is C13H9BrF2N2O. The van der Waals surface area contributed by atoms with Gasteiger partial charge in [0.25, 0.3) is 0 Å². The number of halogens is 3. The predicted molar refractivity (Wildman–Crippen MR) is 71.6 cm³/mol. The van der Waals surface area contributed by atoms with Crippen LogP contribution in [0, 0.1) is 17.0 Å². The molecule has 6 heteroatoms. The number of hydrogen-bond donors (Lipinski definition) is 2. The minimum absolute atomic E-state index is 0.0970. The van der Waals surface area contributed by atoms with Crippen molar-refractivity contribution in [2.24, 2.45) is 5.73 Å². The number of amidine groups is 1. The lowest BCUT2D eigenvalue weighted by atomic mass is 10.1. The van der Waals surface area contributed by atoms with Gasteiger partial charge in [-0.05, 0) is 46.3 Å². The summed E-state index contributed by atoms with van der Waals surface area (Å²) in [6, 6.07) is 7.94. The third kappa shape index (κ3) is 2.90.